The fourth-order valence-corrected chi connectivity index (χ4v) is 3.70. The number of anilines is 2. The second kappa shape index (κ2) is 9.60. The van der Waals surface area contributed by atoms with Gasteiger partial charge in [-0.15, -0.1) is 24.8 Å². The molecule has 0 aromatic heterocycles. The van der Waals surface area contributed by atoms with Crippen LogP contribution in [0.3, 0.4) is 0 Å². The molecular formula is C18H28Cl2FN3O. The summed E-state index contributed by atoms with van der Waals surface area (Å²) < 4.78 is 13.5. The van der Waals surface area contributed by atoms with Crippen LogP contribution in [-0.2, 0) is 4.79 Å². The van der Waals surface area contributed by atoms with Crippen molar-refractivity contribution in [2.75, 3.05) is 43.0 Å². The maximum Gasteiger partial charge on any atom is 0.227 e. The largest absolute Gasteiger partial charge is 0.371 e. The van der Waals surface area contributed by atoms with Gasteiger partial charge in [-0.05, 0) is 56.0 Å². The predicted octanol–water partition coefficient (Wildman–Crippen LogP) is 3.48. The van der Waals surface area contributed by atoms with Crippen LogP contribution in [0.2, 0.25) is 0 Å². The van der Waals surface area contributed by atoms with Gasteiger partial charge in [-0.2, -0.15) is 0 Å². The molecule has 1 fully saturated rings. The van der Waals surface area contributed by atoms with E-state index >= 15 is 0 Å². The Balaban J connectivity index is 0.00000156. The first-order chi connectivity index (χ1) is 11.1. The number of likely N-dealkylation sites (N-methyl/N-ethyl adjacent to an activating group) is 1. The van der Waals surface area contributed by atoms with Gasteiger partial charge in [-0.1, -0.05) is 6.92 Å². The SMILES string of the molecule is CC(CC(=O)N1CCN(C)c2cc(F)ccc21)C1CCCNC1.Cl.Cl. The quantitative estimate of drug-likeness (QED) is 0.856. The first-order valence-electron chi connectivity index (χ1n) is 8.58. The van der Waals surface area contributed by atoms with Crippen molar-refractivity contribution in [1.82, 2.24) is 5.32 Å². The summed E-state index contributed by atoms with van der Waals surface area (Å²) >= 11 is 0. The Morgan fingerprint density at radius 3 is 2.76 bits per heavy atom. The van der Waals surface area contributed by atoms with Crippen molar-refractivity contribution < 1.29 is 9.18 Å². The van der Waals surface area contributed by atoms with E-state index < -0.39 is 0 Å². The first-order valence-corrected chi connectivity index (χ1v) is 8.58. The lowest BCUT2D eigenvalue weighted by Gasteiger charge is -2.37. The first kappa shape index (κ1) is 22.0. The molecule has 0 radical (unpaired) electrons. The zero-order valence-electron chi connectivity index (χ0n) is 14.8. The van der Waals surface area contributed by atoms with Crippen LogP contribution in [-0.4, -0.2) is 39.1 Å². The van der Waals surface area contributed by atoms with Gasteiger partial charge in [0, 0.05) is 26.6 Å². The molecule has 3 rings (SSSR count). The number of benzene rings is 1. The summed E-state index contributed by atoms with van der Waals surface area (Å²) in [7, 11) is 1.94. The van der Waals surface area contributed by atoms with Crippen LogP contribution in [0.25, 0.3) is 0 Å². The second-order valence-electron chi connectivity index (χ2n) is 6.89. The van der Waals surface area contributed by atoms with E-state index in [0.717, 1.165) is 31.0 Å². The Labute approximate surface area is 162 Å². The number of hydrogen-bond donors (Lipinski definition) is 1. The van der Waals surface area contributed by atoms with Crippen LogP contribution < -0.4 is 15.1 Å². The van der Waals surface area contributed by atoms with Gasteiger partial charge in [-0.3, -0.25) is 4.79 Å². The molecule has 1 amide bonds. The topological polar surface area (TPSA) is 35.6 Å². The van der Waals surface area contributed by atoms with Crippen molar-refractivity contribution in [3.63, 3.8) is 0 Å². The van der Waals surface area contributed by atoms with Crippen LogP contribution in [0.15, 0.2) is 18.2 Å². The third kappa shape index (κ3) is 4.99. The van der Waals surface area contributed by atoms with Gasteiger partial charge in [0.05, 0.1) is 11.4 Å². The molecule has 1 saturated heterocycles. The molecule has 142 valence electrons. The number of carbonyl (C=O) groups excluding carboxylic acids is 1. The lowest BCUT2D eigenvalue weighted by molar-refractivity contribution is -0.119. The zero-order chi connectivity index (χ0) is 16.4. The number of halogens is 3. The fourth-order valence-electron chi connectivity index (χ4n) is 3.70. The van der Waals surface area contributed by atoms with Gasteiger partial charge < -0.3 is 15.1 Å². The lowest BCUT2D eigenvalue weighted by atomic mass is 9.85. The number of amides is 1. The Morgan fingerprint density at radius 1 is 1.32 bits per heavy atom. The van der Waals surface area contributed by atoms with Crippen molar-refractivity contribution in [2.24, 2.45) is 11.8 Å². The summed E-state index contributed by atoms with van der Waals surface area (Å²) in [6, 6.07) is 4.68. The van der Waals surface area contributed by atoms with Gasteiger partial charge in [-0.25, -0.2) is 4.39 Å². The fraction of sp³-hybridized carbons (Fsp3) is 0.611. The number of rotatable bonds is 3. The molecule has 0 saturated carbocycles. The molecule has 7 heteroatoms. The Bertz CT molecular complexity index is 581. The molecule has 2 atom stereocenters. The highest BCUT2D eigenvalue weighted by Gasteiger charge is 2.28. The van der Waals surface area contributed by atoms with Crippen molar-refractivity contribution in [1.29, 1.82) is 0 Å². The summed E-state index contributed by atoms with van der Waals surface area (Å²) in [5.41, 5.74) is 1.63. The molecule has 2 heterocycles. The van der Waals surface area contributed by atoms with Crippen LogP contribution in [0.5, 0.6) is 0 Å². The third-order valence-electron chi connectivity index (χ3n) is 5.24. The van der Waals surface area contributed by atoms with E-state index in [0.29, 0.717) is 24.8 Å². The number of fused-ring (bicyclic) bond motifs is 1. The summed E-state index contributed by atoms with van der Waals surface area (Å²) in [5, 5.41) is 3.42. The van der Waals surface area contributed by atoms with Gasteiger partial charge in [0.15, 0.2) is 0 Å². The standard InChI is InChI=1S/C18H26FN3O.2ClH/c1-13(14-4-3-7-20-12-14)10-18(23)22-9-8-21(2)17-11-15(19)5-6-16(17)22;;/h5-6,11,13-14,20H,3-4,7-10,12H2,1-2H3;2*1H. The van der Waals surface area contributed by atoms with E-state index in [4.69, 9.17) is 0 Å². The molecule has 2 unspecified atom stereocenters. The van der Waals surface area contributed by atoms with Gasteiger partial charge >= 0.3 is 0 Å². The second-order valence-corrected chi connectivity index (χ2v) is 6.89. The van der Waals surface area contributed by atoms with Crippen LogP contribution in [0, 0.1) is 17.7 Å². The van der Waals surface area contributed by atoms with E-state index in [1.165, 1.54) is 25.0 Å². The number of hydrogen-bond acceptors (Lipinski definition) is 3. The predicted molar refractivity (Wildman–Crippen MR) is 106 cm³/mol. The number of nitrogens with one attached hydrogen (secondary N) is 1. The minimum atomic E-state index is -0.258. The number of carbonyl (C=O) groups is 1. The zero-order valence-corrected chi connectivity index (χ0v) is 16.5. The molecule has 0 bridgehead atoms. The molecule has 25 heavy (non-hydrogen) atoms. The number of piperidine rings is 1. The summed E-state index contributed by atoms with van der Waals surface area (Å²) in [6.07, 6.45) is 2.96. The normalized spacial score (nSPS) is 20.8. The molecule has 0 spiro atoms. The van der Waals surface area contributed by atoms with Gasteiger partial charge in [0.1, 0.15) is 5.82 Å². The average molecular weight is 392 g/mol. The average Bonchev–Trinajstić information content (AvgIpc) is 2.56. The molecule has 1 N–H and O–H groups in total. The lowest BCUT2D eigenvalue weighted by Crippen LogP contribution is -2.44. The number of nitrogens with zero attached hydrogens (tertiary/aromatic N) is 2. The summed E-state index contributed by atoms with van der Waals surface area (Å²) in [4.78, 5) is 16.6. The van der Waals surface area contributed by atoms with E-state index in [1.807, 2.05) is 16.8 Å². The van der Waals surface area contributed by atoms with Crippen LogP contribution in [0.4, 0.5) is 15.8 Å². The maximum atomic E-state index is 13.5. The van der Waals surface area contributed by atoms with Crippen molar-refractivity contribution >= 4 is 42.1 Å². The molecular weight excluding hydrogens is 364 g/mol. The van der Waals surface area contributed by atoms with E-state index in [2.05, 4.69) is 12.2 Å². The third-order valence-corrected chi connectivity index (χ3v) is 5.24. The maximum absolute atomic E-state index is 13.5. The van der Waals surface area contributed by atoms with Gasteiger partial charge in [0.2, 0.25) is 5.91 Å². The Hall–Kier alpha value is -1.04. The van der Waals surface area contributed by atoms with Crippen molar-refractivity contribution in [3.05, 3.63) is 24.0 Å². The molecule has 1 aromatic rings. The van der Waals surface area contributed by atoms with Crippen molar-refractivity contribution in [2.45, 2.75) is 26.2 Å². The molecule has 1 aromatic carbocycles. The smallest absolute Gasteiger partial charge is 0.227 e. The summed E-state index contributed by atoms with van der Waals surface area (Å²) in [5.74, 6) is 0.849. The minimum Gasteiger partial charge on any atom is -0.371 e. The van der Waals surface area contributed by atoms with Crippen LogP contribution in [0.1, 0.15) is 26.2 Å². The monoisotopic (exact) mass is 391 g/mol. The molecule has 2 aliphatic rings. The highest BCUT2D eigenvalue weighted by Crippen LogP contribution is 2.34. The minimum absolute atomic E-state index is 0. The highest BCUT2D eigenvalue weighted by molar-refractivity contribution is 5.98. The van der Waals surface area contributed by atoms with Crippen LogP contribution >= 0.6 is 24.8 Å². The summed E-state index contributed by atoms with van der Waals surface area (Å²) in [6.45, 7) is 5.69. The molecule has 4 nitrogen and oxygen atoms in total. The van der Waals surface area contributed by atoms with E-state index in [-0.39, 0.29) is 36.5 Å². The highest BCUT2D eigenvalue weighted by atomic mass is 35.5. The van der Waals surface area contributed by atoms with E-state index in [1.54, 1.807) is 6.07 Å². The Kier molecular flexibility index (Phi) is 8.45. The van der Waals surface area contributed by atoms with Crippen molar-refractivity contribution in [3.8, 4) is 0 Å². The van der Waals surface area contributed by atoms with E-state index in [9.17, 15) is 9.18 Å². The molecule has 0 aliphatic carbocycles. The Morgan fingerprint density at radius 2 is 2.08 bits per heavy atom. The van der Waals surface area contributed by atoms with Gasteiger partial charge in [0.25, 0.3) is 0 Å². The molecule has 2 aliphatic heterocycles.